The molecule has 0 unspecified atom stereocenters. The molecule has 1 saturated heterocycles. The van der Waals surface area contributed by atoms with Gasteiger partial charge in [-0.15, -0.1) is 0 Å². The molecule has 1 aliphatic rings. The van der Waals surface area contributed by atoms with E-state index < -0.39 is 0 Å². The van der Waals surface area contributed by atoms with Crippen molar-refractivity contribution in [2.75, 3.05) is 20.1 Å². The van der Waals surface area contributed by atoms with Gasteiger partial charge in [-0.2, -0.15) is 0 Å². The van der Waals surface area contributed by atoms with Gasteiger partial charge in [0, 0.05) is 24.7 Å². The molecule has 20 heavy (non-hydrogen) atoms. The van der Waals surface area contributed by atoms with Crippen molar-refractivity contribution in [3.05, 3.63) is 42.1 Å². The van der Waals surface area contributed by atoms with E-state index in [2.05, 4.69) is 16.5 Å². The fourth-order valence-corrected chi connectivity index (χ4v) is 2.91. The zero-order valence-electron chi connectivity index (χ0n) is 12.0. The number of hydrogen-bond acceptors (Lipinski definition) is 2. The highest BCUT2D eigenvalue weighted by Gasteiger charge is 2.22. The molecule has 0 atom stereocenters. The molecule has 106 valence electrons. The van der Waals surface area contributed by atoms with Gasteiger partial charge in [0.05, 0.1) is 5.69 Å². The first-order valence-electron chi connectivity index (χ1n) is 7.11. The van der Waals surface area contributed by atoms with Crippen LogP contribution in [0, 0.1) is 5.82 Å². The average molecular weight is 273 g/mol. The quantitative estimate of drug-likeness (QED) is 0.838. The lowest BCUT2D eigenvalue weighted by molar-refractivity contribution is 0.249. The topological polar surface area (TPSA) is 21.1 Å². The van der Waals surface area contributed by atoms with Gasteiger partial charge in [0.1, 0.15) is 11.6 Å². The zero-order chi connectivity index (χ0) is 14.1. The first-order chi connectivity index (χ1) is 9.63. The van der Waals surface area contributed by atoms with Gasteiger partial charge in [0.15, 0.2) is 0 Å². The summed E-state index contributed by atoms with van der Waals surface area (Å²) >= 11 is 0. The summed E-state index contributed by atoms with van der Waals surface area (Å²) in [4.78, 5) is 7.10. The van der Waals surface area contributed by atoms with Crippen LogP contribution in [0.1, 0.15) is 24.6 Å². The minimum absolute atomic E-state index is 0.214. The highest BCUT2D eigenvalue weighted by Crippen LogP contribution is 2.29. The maximum absolute atomic E-state index is 13.3. The summed E-state index contributed by atoms with van der Waals surface area (Å²) in [7, 11) is 4.19. The van der Waals surface area contributed by atoms with Gasteiger partial charge in [-0.05, 0) is 45.1 Å². The van der Waals surface area contributed by atoms with Crippen LogP contribution in [0.25, 0.3) is 11.3 Å². The molecule has 1 fully saturated rings. The fourth-order valence-electron chi connectivity index (χ4n) is 2.91. The Labute approximate surface area is 119 Å². The third-order valence-electron chi connectivity index (χ3n) is 4.12. The first-order valence-corrected chi connectivity index (χ1v) is 7.11. The minimum Gasteiger partial charge on any atom is -0.337 e. The Bertz CT molecular complexity index is 598. The molecule has 2 aromatic rings. The summed E-state index contributed by atoms with van der Waals surface area (Å²) in [6, 6.07) is 6.64. The van der Waals surface area contributed by atoms with Crippen LogP contribution in [-0.2, 0) is 7.05 Å². The van der Waals surface area contributed by atoms with E-state index >= 15 is 0 Å². The number of aryl methyl sites for hydroxylation is 1. The van der Waals surface area contributed by atoms with Crippen molar-refractivity contribution >= 4 is 0 Å². The van der Waals surface area contributed by atoms with Crippen LogP contribution in [0.2, 0.25) is 0 Å². The number of imidazole rings is 1. The lowest BCUT2D eigenvalue weighted by Crippen LogP contribution is -2.30. The third-order valence-corrected chi connectivity index (χ3v) is 4.12. The van der Waals surface area contributed by atoms with Crippen molar-refractivity contribution in [1.82, 2.24) is 14.5 Å². The number of benzene rings is 1. The average Bonchev–Trinajstić information content (AvgIpc) is 2.82. The lowest BCUT2D eigenvalue weighted by Gasteiger charge is -2.28. The maximum Gasteiger partial charge on any atom is 0.123 e. The minimum atomic E-state index is -0.214. The Balaban J connectivity index is 1.87. The standard InChI is InChI=1S/C16H20FN3/c1-19-8-6-12(7-9-19)16-18-15(11-20(16)2)13-4-3-5-14(17)10-13/h3-5,10-12H,6-9H2,1-2H3. The molecule has 0 radical (unpaired) electrons. The molecule has 1 aromatic heterocycles. The smallest absolute Gasteiger partial charge is 0.123 e. The molecule has 1 aromatic carbocycles. The highest BCUT2D eigenvalue weighted by atomic mass is 19.1. The van der Waals surface area contributed by atoms with E-state index in [0.717, 1.165) is 43.0 Å². The van der Waals surface area contributed by atoms with Gasteiger partial charge < -0.3 is 9.47 Å². The Morgan fingerprint density at radius 3 is 2.65 bits per heavy atom. The maximum atomic E-state index is 13.3. The second kappa shape index (κ2) is 5.37. The van der Waals surface area contributed by atoms with Crippen molar-refractivity contribution < 1.29 is 4.39 Å². The van der Waals surface area contributed by atoms with Gasteiger partial charge >= 0.3 is 0 Å². The first kappa shape index (κ1) is 13.3. The largest absolute Gasteiger partial charge is 0.337 e. The van der Waals surface area contributed by atoms with Crippen molar-refractivity contribution in [3.8, 4) is 11.3 Å². The summed E-state index contributed by atoms with van der Waals surface area (Å²) in [6.45, 7) is 2.24. The number of piperidine rings is 1. The van der Waals surface area contributed by atoms with Crippen molar-refractivity contribution in [2.45, 2.75) is 18.8 Å². The van der Waals surface area contributed by atoms with Crippen molar-refractivity contribution in [1.29, 1.82) is 0 Å². The predicted octanol–water partition coefficient (Wildman–Crippen LogP) is 3.04. The van der Waals surface area contributed by atoms with E-state index in [0.29, 0.717) is 5.92 Å². The molecule has 0 aliphatic carbocycles. The molecule has 3 rings (SSSR count). The number of hydrogen-bond donors (Lipinski definition) is 0. The van der Waals surface area contributed by atoms with Crippen LogP contribution >= 0.6 is 0 Å². The molecule has 0 spiro atoms. The van der Waals surface area contributed by atoms with Gasteiger partial charge in [0.2, 0.25) is 0 Å². The third kappa shape index (κ3) is 2.61. The molecule has 3 nitrogen and oxygen atoms in total. The highest BCUT2D eigenvalue weighted by molar-refractivity contribution is 5.58. The molecule has 2 heterocycles. The molecular weight excluding hydrogens is 253 g/mol. The Morgan fingerprint density at radius 1 is 1.20 bits per heavy atom. The number of likely N-dealkylation sites (tertiary alicyclic amines) is 1. The Kier molecular flexibility index (Phi) is 3.57. The molecule has 0 amide bonds. The molecule has 1 aliphatic heterocycles. The molecule has 0 bridgehead atoms. The van der Waals surface area contributed by atoms with Crippen LogP contribution in [0.4, 0.5) is 4.39 Å². The Hall–Kier alpha value is -1.68. The van der Waals surface area contributed by atoms with E-state index in [1.165, 1.54) is 6.07 Å². The van der Waals surface area contributed by atoms with Crippen molar-refractivity contribution in [2.24, 2.45) is 7.05 Å². The summed E-state index contributed by atoms with van der Waals surface area (Å²) in [5.41, 5.74) is 1.71. The van der Waals surface area contributed by atoms with E-state index in [-0.39, 0.29) is 5.82 Å². The number of rotatable bonds is 2. The predicted molar refractivity (Wildman–Crippen MR) is 78.1 cm³/mol. The summed E-state index contributed by atoms with van der Waals surface area (Å²) in [5.74, 6) is 1.42. The SMILES string of the molecule is CN1CCC(c2nc(-c3cccc(F)c3)cn2C)CC1. The summed E-state index contributed by atoms with van der Waals surface area (Å²) in [6.07, 6.45) is 4.29. The summed E-state index contributed by atoms with van der Waals surface area (Å²) < 4.78 is 15.4. The number of halogens is 1. The second-order valence-electron chi connectivity index (χ2n) is 5.68. The van der Waals surface area contributed by atoms with Crippen LogP contribution in [0.5, 0.6) is 0 Å². The van der Waals surface area contributed by atoms with E-state index in [9.17, 15) is 4.39 Å². The van der Waals surface area contributed by atoms with Crippen molar-refractivity contribution in [3.63, 3.8) is 0 Å². The van der Waals surface area contributed by atoms with Gasteiger partial charge in [0.25, 0.3) is 0 Å². The van der Waals surface area contributed by atoms with Gasteiger partial charge in [-0.3, -0.25) is 0 Å². The van der Waals surface area contributed by atoms with Gasteiger partial charge in [-0.1, -0.05) is 12.1 Å². The van der Waals surface area contributed by atoms with E-state index in [1.807, 2.05) is 19.3 Å². The Morgan fingerprint density at radius 2 is 1.95 bits per heavy atom. The van der Waals surface area contributed by atoms with Crippen LogP contribution in [0.3, 0.4) is 0 Å². The van der Waals surface area contributed by atoms with E-state index in [1.54, 1.807) is 12.1 Å². The fraction of sp³-hybridized carbons (Fsp3) is 0.438. The lowest BCUT2D eigenvalue weighted by atomic mass is 9.96. The van der Waals surface area contributed by atoms with Crippen LogP contribution in [-0.4, -0.2) is 34.6 Å². The number of aromatic nitrogens is 2. The van der Waals surface area contributed by atoms with Crippen LogP contribution < -0.4 is 0 Å². The van der Waals surface area contributed by atoms with Gasteiger partial charge in [-0.25, -0.2) is 9.37 Å². The monoisotopic (exact) mass is 273 g/mol. The molecule has 0 N–H and O–H groups in total. The number of nitrogens with zero attached hydrogens (tertiary/aromatic N) is 3. The zero-order valence-corrected chi connectivity index (χ0v) is 12.0. The normalized spacial score (nSPS) is 17.6. The second-order valence-corrected chi connectivity index (χ2v) is 5.68. The molecule has 0 saturated carbocycles. The van der Waals surface area contributed by atoms with E-state index in [4.69, 9.17) is 4.98 Å². The molecular formula is C16H20FN3. The van der Waals surface area contributed by atoms with Crippen LogP contribution in [0.15, 0.2) is 30.5 Å². The summed E-state index contributed by atoms with van der Waals surface area (Å²) in [5, 5.41) is 0. The molecule has 4 heteroatoms.